The minimum absolute atomic E-state index is 0.921. The molecule has 0 saturated heterocycles. The molecule has 0 aromatic rings. The first kappa shape index (κ1) is 5.21. The molecule has 2 atom stereocenters. The molecule has 26 valence electrons. The molecule has 4 heavy (non-hydrogen) atoms. The molecule has 0 amide bonds. The number of thiol groups is 1. The van der Waals surface area contributed by atoms with Crippen molar-refractivity contribution in [2.24, 2.45) is 0 Å². The van der Waals surface area contributed by atoms with Crippen molar-refractivity contribution in [3.63, 3.8) is 0 Å². The largest absolute Gasteiger partial charge is 0.175 e. The molecule has 0 aliphatic heterocycles. The minimum Gasteiger partial charge on any atom is -0.175 e. The summed E-state index contributed by atoms with van der Waals surface area (Å²) in [6, 6.07) is 0. The third-order valence-corrected chi connectivity index (χ3v) is 2.46. The molecule has 0 bridgehead atoms. The highest BCUT2D eigenvalue weighted by Gasteiger charge is 1.55. The molecule has 0 aliphatic rings. The molecule has 2 unspecified atom stereocenters. The van der Waals surface area contributed by atoms with E-state index in [9.17, 15) is 0 Å². The number of hydrogen-bond acceptors (Lipinski definition) is 1. The van der Waals surface area contributed by atoms with Gasteiger partial charge in [-0.1, -0.05) is 8.27 Å². The maximum absolute atomic E-state index is 3.91. The highest BCUT2D eigenvalue weighted by Crippen LogP contribution is 2.19. The van der Waals surface area contributed by atoms with E-state index in [1.807, 2.05) is 0 Å². The van der Waals surface area contributed by atoms with Gasteiger partial charge in [0.1, 0.15) is 0 Å². The summed E-state index contributed by atoms with van der Waals surface area (Å²) in [5.41, 5.74) is 1.00. The van der Waals surface area contributed by atoms with Crippen molar-refractivity contribution in [3.8, 4) is 0 Å². The normalized spacial score (nSPS) is 10.5. The van der Waals surface area contributed by atoms with Crippen LogP contribution in [0.3, 0.4) is 0 Å². The topological polar surface area (TPSA) is 0 Å². The summed E-state index contributed by atoms with van der Waals surface area (Å²) in [4.78, 5) is 0. The fourth-order valence-electron chi connectivity index (χ4n) is 0. The average molecular weight is 112 g/mol. The SMILES string of the molecule is PPCS. The molecule has 0 heterocycles. The Morgan fingerprint density at radius 1 is 2.00 bits per heavy atom. The summed E-state index contributed by atoms with van der Waals surface area (Å²) in [6.45, 7) is 0. The number of rotatable bonds is 1. The summed E-state index contributed by atoms with van der Waals surface area (Å²) in [5.74, 6) is 0. The minimum atomic E-state index is 0.921. The zero-order valence-corrected chi connectivity index (χ0v) is 5.28. The van der Waals surface area contributed by atoms with Gasteiger partial charge in [0.15, 0.2) is 0 Å². The Balaban J connectivity index is 1.97. The van der Waals surface area contributed by atoms with E-state index >= 15 is 0 Å². The molecule has 0 saturated carbocycles. The smallest absolute Gasteiger partial charge is 0.0113 e. The van der Waals surface area contributed by atoms with Crippen LogP contribution >= 0.6 is 29.8 Å². The first-order chi connectivity index (χ1) is 1.91. The van der Waals surface area contributed by atoms with Crippen molar-refractivity contribution in [2.75, 3.05) is 5.49 Å². The van der Waals surface area contributed by atoms with Crippen LogP contribution in [-0.2, 0) is 0 Å². The predicted octanol–water partition coefficient (Wildman–Crippen LogP) is 1.34. The Hall–Kier alpha value is 1.21. The van der Waals surface area contributed by atoms with Crippen molar-refractivity contribution < 1.29 is 0 Å². The monoisotopic (exact) mass is 112 g/mol. The lowest BCUT2D eigenvalue weighted by Crippen LogP contribution is -1.30. The van der Waals surface area contributed by atoms with Crippen LogP contribution in [0.5, 0.6) is 0 Å². The quantitative estimate of drug-likeness (QED) is 0.384. The summed E-state index contributed by atoms with van der Waals surface area (Å²) < 4.78 is 0. The van der Waals surface area contributed by atoms with E-state index in [-0.39, 0.29) is 0 Å². The van der Waals surface area contributed by atoms with E-state index in [0.717, 1.165) is 13.8 Å². The highest BCUT2D eigenvalue weighted by molar-refractivity contribution is 8.08. The van der Waals surface area contributed by atoms with E-state index in [1.54, 1.807) is 0 Å². The second-order valence-electron chi connectivity index (χ2n) is 0.362. The third kappa shape index (κ3) is 3.21. The van der Waals surface area contributed by atoms with E-state index < -0.39 is 0 Å². The first-order valence-corrected chi connectivity index (χ1v) is 4.61. The molecule has 0 spiro atoms. The van der Waals surface area contributed by atoms with Gasteiger partial charge in [-0.2, -0.15) is 12.6 Å². The summed E-state index contributed by atoms with van der Waals surface area (Å²) in [7, 11) is 3.53. The van der Waals surface area contributed by atoms with Gasteiger partial charge in [-0.25, -0.2) is 0 Å². The van der Waals surface area contributed by atoms with Gasteiger partial charge in [-0.15, -0.1) is 8.93 Å². The second-order valence-corrected chi connectivity index (χ2v) is 3.26. The van der Waals surface area contributed by atoms with Crippen molar-refractivity contribution >= 4 is 29.8 Å². The van der Waals surface area contributed by atoms with Crippen LogP contribution in [0, 0.1) is 0 Å². The van der Waals surface area contributed by atoms with Crippen LogP contribution in [0.2, 0.25) is 0 Å². The Labute approximate surface area is 36.0 Å². The van der Waals surface area contributed by atoms with Gasteiger partial charge in [0.25, 0.3) is 0 Å². The molecule has 0 nitrogen and oxygen atoms in total. The van der Waals surface area contributed by atoms with E-state index in [0.29, 0.717) is 0 Å². The van der Waals surface area contributed by atoms with Gasteiger partial charge < -0.3 is 0 Å². The summed E-state index contributed by atoms with van der Waals surface area (Å²) in [6.07, 6.45) is 0. The van der Waals surface area contributed by atoms with Crippen LogP contribution in [-0.4, -0.2) is 5.49 Å². The van der Waals surface area contributed by atoms with Crippen LogP contribution < -0.4 is 0 Å². The van der Waals surface area contributed by atoms with Crippen molar-refractivity contribution in [2.45, 2.75) is 0 Å². The zero-order valence-electron chi connectivity index (χ0n) is 2.23. The molecular weight excluding hydrogens is 106 g/mol. The maximum atomic E-state index is 3.91. The molecule has 0 aromatic heterocycles. The van der Waals surface area contributed by atoms with Crippen molar-refractivity contribution in [1.29, 1.82) is 0 Å². The summed E-state index contributed by atoms with van der Waals surface area (Å²) in [5, 5.41) is 0. The van der Waals surface area contributed by atoms with Gasteiger partial charge in [-0.3, -0.25) is 0 Å². The number of hydrogen-bond donors (Lipinski definition) is 1. The predicted molar refractivity (Wildman–Crippen MR) is 31.9 cm³/mol. The molecule has 0 N–H and O–H groups in total. The van der Waals surface area contributed by atoms with E-state index in [2.05, 4.69) is 21.6 Å². The Kier molecular flexibility index (Phi) is 5.48. The van der Waals surface area contributed by atoms with Crippen LogP contribution in [0.15, 0.2) is 0 Å². The average Bonchev–Trinajstić information content (AvgIpc) is 1.37. The van der Waals surface area contributed by atoms with Crippen molar-refractivity contribution in [3.05, 3.63) is 0 Å². The van der Waals surface area contributed by atoms with E-state index in [1.165, 1.54) is 0 Å². The molecule has 0 fully saturated rings. The van der Waals surface area contributed by atoms with E-state index in [4.69, 9.17) is 0 Å². The van der Waals surface area contributed by atoms with Gasteiger partial charge in [-0.05, 0) is 0 Å². The highest BCUT2D eigenvalue weighted by atomic mass is 32.1. The molecule has 0 radical (unpaired) electrons. The first-order valence-electron chi connectivity index (χ1n) is 0.958. The molecular formula is CH6P2S. The van der Waals surface area contributed by atoms with Crippen LogP contribution in [0.4, 0.5) is 0 Å². The Bertz CT molecular complexity index is 8.00. The second kappa shape index (κ2) is 4.21. The van der Waals surface area contributed by atoms with Gasteiger partial charge in [0.05, 0.1) is 0 Å². The Morgan fingerprint density at radius 3 is 2.25 bits per heavy atom. The molecule has 0 aliphatic carbocycles. The molecule has 3 heteroatoms. The standard InChI is InChI=1S/CH6P2S/c2-3-1-4/h3-4H,1-2H2. The lowest BCUT2D eigenvalue weighted by atomic mass is 11.9. The lowest BCUT2D eigenvalue weighted by Gasteiger charge is -1.69. The lowest BCUT2D eigenvalue weighted by molar-refractivity contribution is 2.33. The fraction of sp³-hybridized carbons (Fsp3) is 1.00. The van der Waals surface area contributed by atoms with Crippen molar-refractivity contribution in [1.82, 2.24) is 0 Å². The molecule has 0 rings (SSSR count). The van der Waals surface area contributed by atoms with Crippen LogP contribution in [0.25, 0.3) is 0 Å². The van der Waals surface area contributed by atoms with Gasteiger partial charge in [0.2, 0.25) is 0 Å². The third-order valence-electron chi connectivity index (χ3n) is 0.0913. The summed E-state index contributed by atoms with van der Waals surface area (Å²) >= 11 is 3.91. The van der Waals surface area contributed by atoms with Gasteiger partial charge >= 0.3 is 0 Å². The van der Waals surface area contributed by atoms with Crippen LogP contribution in [0.1, 0.15) is 0 Å². The van der Waals surface area contributed by atoms with Gasteiger partial charge in [0, 0.05) is 5.49 Å². The maximum Gasteiger partial charge on any atom is 0.0113 e. The zero-order chi connectivity index (χ0) is 3.41. The molecule has 0 aromatic carbocycles. The Morgan fingerprint density at radius 2 is 2.25 bits per heavy atom. The fourth-order valence-corrected chi connectivity index (χ4v) is 0.